The van der Waals surface area contributed by atoms with Gasteiger partial charge in [-0.15, -0.1) is 0 Å². The van der Waals surface area contributed by atoms with Crippen molar-refractivity contribution >= 4 is 11.9 Å². The van der Waals surface area contributed by atoms with Crippen LogP contribution in [0.25, 0.3) is 0 Å². The maximum atomic E-state index is 11.2. The summed E-state index contributed by atoms with van der Waals surface area (Å²) < 4.78 is 5.06. The first-order chi connectivity index (χ1) is 8.56. The molecule has 5 nitrogen and oxygen atoms in total. The Balaban J connectivity index is 2.76. The average Bonchev–Trinajstić information content (AvgIpc) is 2.37. The number of carboxylic acids is 1. The Bertz CT molecular complexity index is 431. The van der Waals surface area contributed by atoms with E-state index in [1.54, 1.807) is 38.3 Å². The van der Waals surface area contributed by atoms with Crippen LogP contribution in [0.1, 0.15) is 18.9 Å². The van der Waals surface area contributed by atoms with E-state index in [1.165, 1.54) is 0 Å². The monoisotopic (exact) mass is 251 g/mol. The fourth-order valence-corrected chi connectivity index (χ4v) is 1.53. The Morgan fingerprint density at radius 2 is 2.17 bits per heavy atom. The molecular formula is C13H17NO4. The smallest absolute Gasteiger partial charge is 0.326 e. The highest BCUT2D eigenvalue weighted by atomic mass is 16.5. The zero-order valence-corrected chi connectivity index (χ0v) is 10.5. The molecule has 0 aliphatic heterocycles. The van der Waals surface area contributed by atoms with Crippen LogP contribution >= 0.6 is 0 Å². The molecule has 1 atom stereocenters. The van der Waals surface area contributed by atoms with Crippen LogP contribution in [0, 0.1) is 0 Å². The Morgan fingerprint density at radius 3 is 2.72 bits per heavy atom. The zero-order valence-electron chi connectivity index (χ0n) is 10.5. The van der Waals surface area contributed by atoms with Crippen molar-refractivity contribution in [2.24, 2.45) is 0 Å². The third kappa shape index (κ3) is 4.08. The Kier molecular flexibility index (Phi) is 5.17. The van der Waals surface area contributed by atoms with Crippen molar-refractivity contribution in [2.75, 3.05) is 7.11 Å². The van der Waals surface area contributed by atoms with Crippen molar-refractivity contribution < 1.29 is 19.4 Å². The summed E-state index contributed by atoms with van der Waals surface area (Å²) in [4.78, 5) is 22.3. The quantitative estimate of drug-likeness (QED) is 0.797. The van der Waals surface area contributed by atoms with E-state index in [9.17, 15) is 9.59 Å². The predicted octanol–water partition coefficient (Wildman–Crippen LogP) is 1.22. The van der Waals surface area contributed by atoms with Gasteiger partial charge < -0.3 is 15.2 Å². The molecule has 0 radical (unpaired) electrons. The highest BCUT2D eigenvalue weighted by Crippen LogP contribution is 2.14. The summed E-state index contributed by atoms with van der Waals surface area (Å²) in [5.41, 5.74) is 0.804. The van der Waals surface area contributed by atoms with Gasteiger partial charge in [-0.2, -0.15) is 0 Å². The lowest BCUT2D eigenvalue weighted by molar-refractivity contribution is -0.141. The summed E-state index contributed by atoms with van der Waals surface area (Å²) in [6.07, 6.45) is 0.500. The predicted molar refractivity (Wildman–Crippen MR) is 66.6 cm³/mol. The number of amides is 1. The molecule has 0 spiro atoms. The molecule has 0 bridgehead atoms. The molecule has 18 heavy (non-hydrogen) atoms. The minimum atomic E-state index is -1.04. The zero-order chi connectivity index (χ0) is 13.5. The van der Waals surface area contributed by atoms with E-state index in [1.807, 2.05) is 0 Å². The van der Waals surface area contributed by atoms with Crippen LogP contribution in [0.5, 0.6) is 5.75 Å². The first-order valence-corrected chi connectivity index (χ1v) is 5.72. The van der Waals surface area contributed by atoms with Crippen molar-refractivity contribution in [1.29, 1.82) is 0 Å². The molecule has 1 unspecified atom stereocenters. The summed E-state index contributed by atoms with van der Waals surface area (Å²) in [6.45, 7) is 1.68. The van der Waals surface area contributed by atoms with Gasteiger partial charge in [-0.05, 0) is 17.7 Å². The molecule has 0 aromatic heterocycles. The molecule has 0 aliphatic rings. The number of carbonyl (C=O) groups excluding carboxylic acids is 1. The second kappa shape index (κ2) is 6.64. The average molecular weight is 251 g/mol. The van der Waals surface area contributed by atoms with Gasteiger partial charge in [0.15, 0.2) is 0 Å². The Hall–Kier alpha value is -2.04. The van der Waals surface area contributed by atoms with Crippen molar-refractivity contribution in [1.82, 2.24) is 5.32 Å². The van der Waals surface area contributed by atoms with Gasteiger partial charge in [0, 0.05) is 12.8 Å². The number of carboxylic acid groups (broad SMARTS) is 1. The molecule has 0 heterocycles. The Morgan fingerprint density at radius 1 is 1.44 bits per heavy atom. The lowest BCUT2D eigenvalue weighted by Crippen LogP contribution is -2.42. The minimum Gasteiger partial charge on any atom is -0.497 e. The van der Waals surface area contributed by atoms with Gasteiger partial charge in [-0.25, -0.2) is 4.79 Å². The molecule has 1 rings (SSSR count). The van der Waals surface area contributed by atoms with Crippen molar-refractivity contribution in [3.63, 3.8) is 0 Å². The fraction of sp³-hybridized carbons (Fsp3) is 0.385. The standard InChI is InChI=1S/C13H17NO4/c1-3-12(15)14-11(13(16)17)8-9-5-4-6-10(7-9)18-2/h4-7,11H,3,8H2,1-2H3,(H,14,15)(H,16,17). The SMILES string of the molecule is CCC(=O)NC(Cc1cccc(OC)c1)C(=O)O. The van der Waals surface area contributed by atoms with Crippen molar-refractivity contribution in [2.45, 2.75) is 25.8 Å². The number of nitrogens with one attached hydrogen (secondary N) is 1. The van der Waals surface area contributed by atoms with Gasteiger partial charge in [0.25, 0.3) is 0 Å². The summed E-state index contributed by atoms with van der Waals surface area (Å²) in [6, 6.07) is 6.22. The number of methoxy groups -OCH3 is 1. The Labute approximate surface area is 106 Å². The number of hydrogen-bond acceptors (Lipinski definition) is 3. The maximum Gasteiger partial charge on any atom is 0.326 e. The van der Waals surface area contributed by atoms with Crippen molar-refractivity contribution in [3.8, 4) is 5.75 Å². The first kappa shape index (κ1) is 14.0. The molecule has 1 aromatic carbocycles. The number of carbonyl (C=O) groups is 2. The van der Waals surface area contributed by atoms with Crippen LogP contribution in [0.2, 0.25) is 0 Å². The minimum absolute atomic E-state index is 0.234. The number of benzene rings is 1. The fourth-order valence-electron chi connectivity index (χ4n) is 1.53. The largest absolute Gasteiger partial charge is 0.497 e. The number of ether oxygens (including phenoxy) is 1. The van der Waals surface area contributed by atoms with Gasteiger partial charge in [0.1, 0.15) is 11.8 Å². The van der Waals surface area contributed by atoms with E-state index >= 15 is 0 Å². The summed E-state index contributed by atoms with van der Waals surface area (Å²) >= 11 is 0. The van der Waals surface area contributed by atoms with E-state index in [-0.39, 0.29) is 18.7 Å². The van der Waals surface area contributed by atoms with Gasteiger partial charge in [0.2, 0.25) is 5.91 Å². The molecule has 0 saturated heterocycles. The van der Waals surface area contributed by atoms with Crippen LogP contribution in [0.4, 0.5) is 0 Å². The van der Waals surface area contributed by atoms with Crippen LogP contribution in [-0.4, -0.2) is 30.1 Å². The highest BCUT2D eigenvalue weighted by molar-refractivity contribution is 5.83. The van der Waals surface area contributed by atoms with E-state index in [2.05, 4.69) is 5.32 Å². The third-order valence-electron chi connectivity index (χ3n) is 2.53. The van der Waals surface area contributed by atoms with Gasteiger partial charge in [-0.3, -0.25) is 4.79 Å². The number of hydrogen-bond donors (Lipinski definition) is 2. The second-order valence-corrected chi connectivity index (χ2v) is 3.87. The van der Waals surface area contributed by atoms with Crippen molar-refractivity contribution in [3.05, 3.63) is 29.8 Å². The summed E-state index contributed by atoms with van der Waals surface area (Å²) in [5, 5.41) is 11.5. The molecule has 5 heteroatoms. The third-order valence-corrected chi connectivity index (χ3v) is 2.53. The van der Waals surface area contributed by atoms with E-state index in [4.69, 9.17) is 9.84 Å². The first-order valence-electron chi connectivity index (χ1n) is 5.72. The number of aliphatic carboxylic acids is 1. The molecule has 1 amide bonds. The maximum absolute atomic E-state index is 11.2. The normalized spacial score (nSPS) is 11.7. The molecular weight excluding hydrogens is 234 g/mol. The molecule has 98 valence electrons. The lowest BCUT2D eigenvalue weighted by Gasteiger charge is -2.14. The molecule has 0 fully saturated rings. The molecule has 2 N–H and O–H groups in total. The molecule has 1 aromatic rings. The van der Waals surface area contributed by atoms with E-state index in [0.29, 0.717) is 5.75 Å². The topological polar surface area (TPSA) is 75.6 Å². The van der Waals surface area contributed by atoms with Gasteiger partial charge in [-0.1, -0.05) is 19.1 Å². The van der Waals surface area contributed by atoms with E-state index < -0.39 is 12.0 Å². The second-order valence-electron chi connectivity index (χ2n) is 3.87. The highest BCUT2D eigenvalue weighted by Gasteiger charge is 2.19. The van der Waals surface area contributed by atoms with Gasteiger partial charge in [0.05, 0.1) is 7.11 Å². The van der Waals surface area contributed by atoms with Gasteiger partial charge >= 0.3 is 5.97 Å². The van der Waals surface area contributed by atoms with Crippen LogP contribution in [0.15, 0.2) is 24.3 Å². The summed E-state index contributed by atoms with van der Waals surface area (Å²) in [5.74, 6) is -0.650. The molecule has 0 aliphatic carbocycles. The van der Waals surface area contributed by atoms with Crippen LogP contribution < -0.4 is 10.1 Å². The number of rotatable bonds is 6. The summed E-state index contributed by atoms with van der Waals surface area (Å²) in [7, 11) is 1.55. The molecule has 0 saturated carbocycles. The lowest BCUT2D eigenvalue weighted by atomic mass is 10.1. The van der Waals surface area contributed by atoms with Crippen LogP contribution in [-0.2, 0) is 16.0 Å². The van der Waals surface area contributed by atoms with Crippen LogP contribution in [0.3, 0.4) is 0 Å². The van der Waals surface area contributed by atoms with E-state index in [0.717, 1.165) is 5.56 Å².